The van der Waals surface area contributed by atoms with E-state index in [0.717, 1.165) is 0 Å². The SMILES string of the molecule is CC(C)(C)N(CCC(=O)O)C(=O)c1c[nH]ccc1=O. The largest absolute Gasteiger partial charge is 0.481 e. The molecule has 104 valence electrons. The molecule has 1 aromatic rings. The second-order valence-electron chi connectivity index (χ2n) is 5.19. The van der Waals surface area contributed by atoms with Gasteiger partial charge in [-0.25, -0.2) is 0 Å². The molecule has 0 saturated carbocycles. The van der Waals surface area contributed by atoms with Gasteiger partial charge in [-0.05, 0) is 20.8 Å². The van der Waals surface area contributed by atoms with Gasteiger partial charge >= 0.3 is 5.97 Å². The van der Waals surface area contributed by atoms with Gasteiger partial charge in [0.25, 0.3) is 5.91 Å². The molecule has 0 atom stereocenters. The number of aromatic amines is 1. The van der Waals surface area contributed by atoms with Crippen LogP contribution in [0.4, 0.5) is 0 Å². The van der Waals surface area contributed by atoms with Crippen LogP contribution in [-0.4, -0.2) is 39.0 Å². The number of hydrogen-bond donors (Lipinski definition) is 2. The number of pyridine rings is 1. The third-order valence-corrected chi connectivity index (χ3v) is 2.66. The zero-order valence-corrected chi connectivity index (χ0v) is 11.3. The van der Waals surface area contributed by atoms with E-state index in [2.05, 4.69) is 4.98 Å². The molecule has 2 N–H and O–H groups in total. The van der Waals surface area contributed by atoms with Gasteiger partial charge in [-0.3, -0.25) is 14.4 Å². The topological polar surface area (TPSA) is 90.5 Å². The fourth-order valence-electron chi connectivity index (χ4n) is 1.68. The summed E-state index contributed by atoms with van der Waals surface area (Å²) in [5, 5.41) is 8.73. The monoisotopic (exact) mass is 266 g/mol. The van der Waals surface area contributed by atoms with Crippen LogP contribution in [0.1, 0.15) is 37.6 Å². The van der Waals surface area contributed by atoms with Gasteiger partial charge < -0.3 is 15.0 Å². The van der Waals surface area contributed by atoms with Crippen molar-refractivity contribution < 1.29 is 14.7 Å². The Kier molecular flexibility index (Phi) is 4.47. The zero-order valence-electron chi connectivity index (χ0n) is 11.3. The first-order valence-corrected chi connectivity index (χ1v) is 5.94. The Hall–Kier alpha value is -2.11. The molecule has 0 bridgehead atoms. The summed E-state index contributed by atoms with van der Waals surface area (Å²) in [6.07, 6.45) is 2.62. The minimum absolute atomic E-state index is 0.0165. The van der Waals surface area contributed by atoms with Crippen molar-refractivity contribution in [3.8, 4) is 0 Å². The van der Waals surface area contributed by atoms with E-state index in [-0.39, 0.29) is 24.0 Å². The van der Waals surface area contributed by atoms with Crippen LogP contribution < -0.4 is 5.43 Å². The van der Waals surface area contributed by atoms with E-state index in [9.17, 15) is 14.4 Å². The second kappa shape index (κ2) is 5.69. The summed E-state index contributed by atoms with van der Waals surface area (Å²) in [6.45, 7) is 5.45. The van der Waals surface area contributed by atoms with Crippen LogP contribution in [0.5, 0.6) is 0 Å². The first kappa shape index (κ1) is 14.9. The molecule has 1 amide bonds. The summed E-state index contributed by atoms with van der Waals surface area (Å²) < 4.78 is 0. The molecule has 0 unspecified atom stereocenters. The molecule has 1 heterocycles. The number of nitrogens with zero attached hydrogens (tertiary/aromatic N) is 1. The molecule has 6 heteroatoms. The molecule has 19 heavy (non-hydrogen) atoms. The molecule has 0 aliphatic carbocycles. The third kappa shape index (κ3) is 3.94. The molecule has 0 spiro atoms. The number of carboxylic acid groups (broad SMARTS) is 1. The zero-order chi connectivity index (χ0) is 14.6. The number of aromatic nitrogens is 1. The number of H-pyrrole nitrogens is 1. The number of hydrogen-bond acceptors (Lipinski definition) is 3. The summed E-state index contributed by atoms with van der Waals surface area (Å²) in [6, 6.07) is 1.27. The maximum absolute atomic E-state index is 12.3. The highest BCUT2D eigenvalue weighted by molar-refractivity contribution is 5.94. The van der Waals surface area contributed by atoms with E-state index >= 15 is 0 Å². The third-order valence-electron chi connectivity index (χ3n) is 2.66. The van der Waals surface area contributed by atoms with Gasteiger partial charge in [-0.2, -0.15) is 0 Å². The summed E-state index contributed by atoms with van der Waals surface area (Å²) in [5.74, 6) is -1.44. The predicted octanol–water partition coefficient (Wildman–Crippen LogP) is 1.09. The van der Waals surface area contributed by atoms with E-state index in [4.69, 9.17) is 5.11 Å². The Bertz CT molecular complexity index is 528. The molecule has 0 aliphatic heterocycles. The van der Waals surface area contributed by atoms with Crippen LogP contribution in [0, 0.1) is 0 Å². The molecule has 0 fully saturated rings. The van der Waals surface area contributed by atoms with Gasteiger partial charge in [0.1, 0.15) is 5.56 Å². The smallest absolute Gasteiger partial charge is 0.305 e. The highest BCUT2D eigenvalue weighted by atomic mass is 16.4. The van der Waals surface area contributed by atoms with Crippen LogP contribution in [-0.2, 0) is 4.79 Å². The molecular formula is C13H18N2O4. The Labute approximate surface area is 111 Å². The summed E-state index contributed by atoms with van der Waals surface area (Å²) >= 11 is 0. The summed E-state index contributed by atoms with van der Waals surface area (Å²) in [5.41, 5.74) is -0.925. The highest BCUT2D eigenvalue weighted by Gasteiger charge is 2.28. The van der Waals surface area contributed by atoms with Crippen molar-refractivity contribution in [1.29, 1.82) is 0 Å². The first-order valence-electron chi connectivity index (χ1n) is 5.94. The average molecular weight is 266 g/mol. The molecule has 1 aromatic heterocycles. The van der Waals surface area contributed by atoms with Crippen LogP contribution in [0.25, 0.3) is 0 Å². The molecule has 0 saturated heterocycles. The number of carbonyl (C=O) groups is 2. The van der Waals surface area contributed by atoms with Gasteiger partial charge in [0.2, 0.25) is 0 Å². The lowest BCUT2D eigenvalue weighted by Crippen LogP contribution is -2.47. The lowest BCUT2D eigenvalue weighted by molar-refractivity contribution is -0.137. The Balaban J connectivity index is 3.05. The van der Waals surface area contributed by atoms with Crippen molar-refractivity contribution in [2.45, 2.75) is 32.7 Å². The first-order chi connectivity index (χ1) is 8.73. The standard InChI is InChI=1S/C13H18N2O4/c1-13(2,3)15(7-5-11(17)18)12(19)9-8-14-6-4-10(9)16/h4,6,8H,5,7H2,1-3H3,(H,14,16)(H,17,18). The van der Waals surface area contributed by atoms with Crippen LogP contribution in [0.2, 0.25) is 0 Å². The maximum atomic E-state index is 12.3. The molecular weight excluding hydrogens is 248 g/mol. The van der Waals surface area contributed by atoms with Gasteiger partial charge in [-0.15, -0.1) is 0 Å². The quantitative estimate of drug-likeness (QED) is 0.853. The molecule has 6 nitrogen and oxygen atoms in total. The Morgan fingerprint density at radius 3 is 2.47 bits per heavy atom. The van der Waals surface area contributed by atoms with Gasteiger partial charge in [0.05, 0.1) is 6.42 Å². The van der Waals surface area contributed by atoms with Gasteiger partial charge in [-0.1, -0.05) is 0 Å². The van der Waals surface area contributed by atoms with E-state index in [1.54, 1.807) is 20.8 Å². The van der Waals surface area contributed by atoms with E-state index < -0.39 is 17.4 Å². The fourth-order valence-corrected chi connectivity index (χ4v) is 1.68. The highest BCUT2D eigenvalue weighted by Crippen LogP contribution is 2.16. The lowest BCUT2D eigenvalue weighted by atomic mass is 10.0. The number of amides is 1. The number of aliphatic carboxylic acids is 1. The van der Waals surface area contributed by atoms with E-state index in [1.807, 2.05) is 0 Å². The van der Waals surface area contributed by atoms with E-state index in [1.165, 1.54) is 23.4 Å². The Morgan fingerprint density at radius 2 is 2.00 bits per heavy atom. The summed E-state index contributed by atoms with van der Waals surface area (Å²) in [7, 11) is 0. The normalized spacial score (nSPS) is 11.1. The fraction of sp³-hybridized carbons (Fsp3) is 0.462. The van der Waals surface area contributed by atoms with Crippen molar-refractivity contribution in [1.82, 2.24) is 9.88 Å². The van der Waals surface area contributed by atoms with Crippen LogP contribution in [0.3, 0.4) is 0 Å². The Morgan fingerprint density at radius 1 is 1.37 bits per heavy atom. The summed E-state index contributed by atoms with van der Waals surface area (Å²) in [4.78, 5) is 38.7. The second-order valence-corrected chi connectivity index (χ2v) is 5.19. The molecule has 0 radical (unpaired) electrons. The predicted molar refractivity (Wildman–Crippen MR) is 70.1 cm³/mol. The number of carbonyl (C=O) groups excluding carboxylic acids is 1. The van der Waals surface area contributed by atoms with Gasteiger partial charge in [0.15, 0.2) is 5.43 Å². The minimum atomic E-state index is -0.982. The van der Waals surface area contributed by atoms with Crippen molar-refractivity contribution in [2.75, 3.05) is 6.54 Å². The number of nitrogens with one attached hydrogen (secondary N) is 1. The maximum Gasteiger partial charge on any atom is 0.305 e. The van der Waals surface area contributed by atoms with Crippen molar-refractivity contribution in [3.05, 3.63) is 34.2 Å². The van der Waals surface area contributed by atoms with Crippen molar-refractivity contribution >= 4 is 11.9 Å². The minimum Gasteiger partial charge on any atom is -0.481 e. The van der Waals surface area contributed by atoms with Crippen molar-refractivity contribution in [2.24, 2.45) is 0 Å². The molecule has 0 aromatic carbocycles. The van der Waals surface area contributed by atoms with Crippen LogP contribution >= 0.6 is 0 Å². The number of rotatable bonds is 4. The van der Waals surface area contributed by atoms with Crippen LogP contribution in [0.15, 0.2) is 23.3 Å². The average Bonchev–Trinajstić information content (AvgIpc) is 2.27. The molecule has 1 rings (SSSR count). The van der Waals surface area contributed by atoms with Crippen molar-refractivity contribution in [3.63, 3.8) is 0 Å². The number of carboxylic acids is 1. The van der Waals surface area contributed by atoms with Gasteiger partial charge in [0, 0.05) is 30.5 Å². The molecule has 0 aliphatic rings. The lowest BCUT2D eigenvalue weighted by Gasteiger charge is -2.35. The van der Waals surface area contributed by atoms with E-state index in [0.29, 0.717) is 0 Å².